The summed E-state index contributed by atoms with van der Waals surface area (Å²) in [5, 5.41) is 0. The lowest BCUT2D eigenvalue weighted by atomic mass is 10.1. The number of aryl methyl sites for hydroxylation is 1. The molecule has 1 heterocycles. The van der Waals surface area contributed by atoms with Crippen molar-refractivity contribution in [3.05, 3.63) is 18.2 Å². The predicted octanol–water partition coefficient (Wildman–Crippen LogP) is 3.59. The van der Waals surface area contributed by atoms with Crippen LogP contribution in [0.25, 0.3) is 0 Å². The van der Waals surface area contributed by atoms with Crippen LogP contribution in [0.15, 0.2) is 12.4 Å². The second kappa shape index (κ2) is 6.88. The minimum Gasteiger partial charge on any atom is -0.334 e. The van der Waals surface area contributed by atoms with E-state index in [4.69, 9.17) is 11.6 Å². The summed E-state index contributed by atoms with van der Waals surface area (Å²) in [7, 11) is 0. The zero-order chi connectivity index (χ0) is 10.2. The number of imidazole rings is 1. The van der Waals surface area contributed by atoms with Crippen LogP contribution < -0.4 is 0 Å². The lowest BCUT2D eigenvalue weighted by Crippen LogP contribution is -2.01. The van der Waals surface area contributed by atoms with Gasteiger partial charge in [0.15, 0.2) is 0 Å². The van der Waals surface area contributed by atoms with Gasteiger partial charge in [0.1, 0.15) is 5.82 Å². The maximum Gasteiger partial charge on any atom is 0.123 e. The van der Waals surface area contributed by atoms with Crippen molar-refractivity contribution in [1.29, 1.82) is 0 Å². The number of hydrogen-bond acceptors (Lipinski definition) is 1. The van der Waals surface area contributed by atoms with Crippen LogP contribution in [0.1, 0.15) is 44.9 Å². The summed E-state index contributed by atoms with van der Waals surface area (Å²) in [6.45, 7) is 3.30. The van der Waals surface area contributed by atoms with E-state index in [2.05, 4.69) is 16.5 Å². The second-order valence-electron chi connectivity index (χ2n) is 3.58. The first-order valence-corrected chi connectivity index (χ1v) is 5.98. The minimum atomic E-state index is 0.516. The molecule has 0 aliphatic rings. The van der Waals surface area contributed by atoms with Crippen LogP contribution in [0, 0.1) is 0 Å². The fraction of sp³-hybridized carbons (Fsp3) is 0.727. The number of aromatic nitrogens is 2. The highest BCUT2D eigenvalue weighted by atomic mass is 35.5. The van der Waals surface area contributed by atoms with Crippen molar-refractivity contribution in [1.82, 2.24) is 9.55 Å². The monoisotopic (exact) mass is 214 g/mol. The van der Waals surface area contributed by atoms with E-state index in [1.807, 2.05) is 12.4 Å². The smallest absolute Gasteiger partial charge is 0.123 e. The molecule has 1 rings (SSSR count). The molecule has 2 nitrogen and oxygen atoms in total. The molecule has 0 N–H and O–H groups in total. The number of unbranched alkanes of at least 4 members (excludes halogenated alkanes) is 4. The molecule has 0 bridgehead atoms. The molecule has 80 valence electrons. The quantitative estimate of drug-likeness (QED) is 0.501. The summed E-state index contributed by atoms with van der Waals surface area (Å²) in [6.07, 6.45) is 10.4. The summed E-state index contributed by atoms with van der Waals surface area (Å²) in [5.74, 6) is 1.50. The van der Waals surface area contributed by atoms with Crippen molar-refractivity contribution in [2.45, 2.75) is 51.5 Å². The number of hydrogen-bond donors (Lipinski definition) is 0. The number of rotatable bonds is 7. The third-order valence-corrected chi connectivity index (χ3v) is 2.66. The van der Waals surface area contributed by atoms with Crippen molar-refractivity contribution in [3.63, 3.8) is 0 Å². The fourth-order valence-electron chi connectivity index (χ4n) is 1.56. The highest BCUT2D eigenvalue weighted by Crippen LogP contribution is 2.07. The molecule has 0 fully saturated rings. The zero-order valence-electron chi connectivity index (χ0n) is 8.88. The number of halogens is 1. The Kier molecular flexibility index (Phi) is 5.69. The van der Waals surface area contributed by atoms with Crippen LogP contribution in [0.5, 0.6) is 0 Å². The topological polar surface area (TPSA) is 17.8 Å². The van der Waals surface area contributed by atoms with E-state index in [0.717, 1.165) is 12.4 Å². The van der Waals surface area contributed by atoms with Gasteiger partial charge in [-0.15, -0.1) is 11.6 Å². The summed E-state index contributed by atoms with van der Waals surface area (Å²) >= 11 is 5.75. The third kappa shape index (κ3) is 3.70. The van der Waals surface area contributed by atoms with E-state index in [0.29, 0.717) is 5.88 Å². The molecule has 0 saturated carbocycles. The van der Waals surface area contributed by atoms with Gasteiger partial charge in [-0.2, -0.15) is 0 Å². The summed E-state index contributed by atoms with van der Waals surface area (Å²) in [6, 6.07) is 0. The third-order valence-electron chi connectivity index (χ3n) is 2.42. The van der Waals surface area contributed by atoms with Gasteiger partial charge in [0.25, 0.3) is 0 Å². The number of nitrogens with zero attached hydrogens (tertiary/aromatic N) is 2. The molecule has 0 unspecified atom stereocenters. The summed E-state index contributed by atoms with van der Waals surface area (Å²) < 4.78 is 2.15. The van der Waals surface area contributed by atoms with Crippen LogP contribution in [-0.4, -0.2) is 9.55 Å². The molecule has 0 radical (unpaired) electrons. The Morgan fingerprint density at radius 2 is 2.07 bits per heavy atom. The largest absolute Gasteiger partial charge is 0.334 e. The van der Waals surface area contributed by atoms with Crippen LogP contribution >= 0.6 is 11.6 Å². The van der Waals surface area contributed by atoms with Crippen molar-refractivity contribution in [2.24, 2.45) is 0 Å². The predicted molar refractivity (Wildman–Crippen MR) is 60.5 cm³/mol. The molecule has 0 spiro atoms. The van der Waals surface area contributed by atoms with Crippen LogP contribution in [-0.2, 0) is 12.4 Å². The van der Waals surface area contributed by atoms with Gasteiger partial charge in [0.05, 0.1) is 5.88 Å². The van der Waals surface area contributed by atoms with Gasteiger partial charge in [-0.25, -0.2) is 4.98 Å². The standard InChI is InChI=1S/C11H19ClN2/c1-2-3-4-5-6-8-14-9-7-13-11(14)10-12/h7,9H,2-6,8,10H2,1H3. The Morgan fingerprint density at radius 3 is 2.79 bits per heavy atom. The molecule has 0 atom stereocenters. The lowest BCUT2D eigenvalue weighted by molar-refractivity contribution is 0.559. The second-order valence-corrected chi connectivity index (χ2v) is 3.85. The molecule has 0 aliphatic heterocycles. The molecule has 0 saturated heterocycles. The molecular weight excluding hydrogens is 196 g/mol. The van der Waals surface area contributed by atoms with Crippen molar-refractivity contribution in [2.75, 3.05) is 0 Å². The highest BCUT2D eigenvalue weighted by Gasteiger charge is 1.99. The van der Waals surface area contributed by atoms with Crippen LogP contribution in [0.3, 0.4) is 0 Å². The van der Waals surface area contributed by atoms with Gasteiger partial charge in [0, 0.05) is 18.9 Å². The van der Waals surface area contributed by atoms with Crippen molar-refractivity contribution < 1.29 is 0 Å². The van der Waals surface area contributed by atoms with Gasteiger partial charge >= 0.3 is 0 Å². The number of alkyl halides is 1. The molecule has 1 aromatic heterocycles. The Bertz CT molecular complexity index is 245. The maximum atomic E-state index is 5.75. The molecular formula is C11H19ClN2. The SMILES string of the molecule is CCCCCCCn1ccnc1CCl. The Morgan fingerprint density at radius 1 is 1.29 bits per heavy atom. The normalized spacial score (nSPS) is 10.7. The lowest BCUT2D eigenvalue weighted by Gasteiger charge is -2.05. The van der Waals surface area contributed by atoms with E-state index in [-0.39, 0.29) is 0 Å². The Hall–Kier alpha value is -0.500. The molecule has 1 aromatic rings. The van der Waals surface area contributed by atoms with Gasteiger partial charge in [-0.1, -0.05) is 32.6 Å². The summed E-state index contributed by atoms with van der Waals surface area (Å²) in [5.41, 5.74) is 0. The first-order chi connectivity index (χ1) is 6.88. The van der Waals surface area contributed by atoms with E-state index in [1.165, 1.54) is 32.1 Å². The average Bonchev–Trinajstić information content (AvgIpc) is 2.65. The minimum absolute atomic E-state index is 0.516. The maximum absolute atomic E-state index is 5.75. The Balaban J connectivity index is 2.17. The highest BCUT2D eigenvalue weighted by molar-refractivity contribution is 6.16. The van der Waals surface area contributed by atoms with E-state index < -0.39 is 0 Å². The molecule has 0 aromatic carbocycles. The van der Waals surface area contributed by atoms with E-state index in [1.54, 1.807) is 0 Å². The van der Waals surface area contributed by atoms with Crippen LogP contribution in [0.4, 0.5) is 0 Å². The summed E-state index contributed by atoms with van der Waals surface area (Å²) in [4.78, 5) is 4.18. The van der Waals surface area contributed by atoms with Gasteiger partial charge in [-0.05, 0) is 6.42 Å². The zero-order valence-corrected chi connectivity index (χ0v) is 9.63. The van der Waals surface area contributed by atoms with Crippen LogP contribution in [0.2, 0.25) is 0 Å². The molecule has 14 heavy (non-hydrogen) atoms. The first kappa shape index (κ1) is 11.6. The first-order valence-electron chi connectivity index (χ1n) is 5.44. The average molecular weight is 215 g/mol. The van der Waals surface area contributed by atoms with E-state index >= 15 is 0 Å². The van der Waals surface area contributed by atoms with Gasteiger partial charge in [-0.3, -0.25) is 0 Å². The molecule has 0 amide bonds. The van der Waals surface area contributed by atoms with Gasteiger partial charge in [0.2, 0.25) is 0 Å². The Labute approximate surface area is 91.3 Å². The van der Waals surface area contributed by atoms with Crippen molar-refractivity contribution in [3.8, 4) is 0 Å². The fourth-order valence-corrected chi connectivity index (χ4v) is 1.78. The van der Waals surface area contributed by atoms with Gasteiger partial charge < -0.3 is 4.57 Å². The molecule has 3 heteroatoms. The van der Waals surface area contributed by atoms with Crippen molar-refractivity contribution >= 4 is 11.6 Å². The van der Waals surface area contributed by atoms with E-state index in [9.17, 15) is 0 Å². The molecule has 0 aliphatic carbocycles.